The zero-order chi connectivity index (χ0) is 18.3. The average molecular weight is 486 g/mol. The Balaban J connectivity index is 1.57. The van der Waals surface area contributed by atoms with Crippen molar-refractivity contribution in [2.24, 2.45) is 0 Å². The molecular formula is C18H18ClFIN5. The maximum atomic E-state index is 13.9. The SMILES string of the molecule is Cc1cc(C2CCCN(Cc3cc(F)c(Cl)c(I)c3)C2)n2ncnc2n1. The van der Waals surface area contributed by atoms with Gasteiger partial charge in [0.15, 0.2) is 0 Å². The Hall–Kier alpha value is -1.32. The molecule has 2 aromatic heterocycles. The molecule has 0 aliphatic carbocycles. The van der Waals surface area contributed by atoms with Crippen LogP contribution >= 0.6 is 34.2 Å². The first kappa shape index (κ1) is 18.1. The number of hydrogen-bond acceptors (Lipinski definition) is 4. The number of likely N-dealkylation sites (tertiary alicyclic amines) is 1. The van der Waals surface area contributed by atoms with Gasteiger partial charge in [-0.3, -0.25) is 4.90 Å². The fraction of sp³-hybridized carbons (Fsp3) is 0.389. The van der Waals surface area contributed by atoms with Gasteiger partial charge in [-0.15, -0.1) is 0 Å². The molecule has 0 bridgehead atoms. The molecule has 0 amide bonds. The second-order valence-corrected chi connectivity index (χ2v) is 8.28. The van der Waals surface area contributed by atoms with Crippen LogP contribution < -0.4 is 0 Å². The Kier molecular flexibility index (Phi) is 5.11. The fourth-order valence-electron chi connectivity index (χ4n) is 3.65. The van der Waals surface area contributed by atoms with E-state index in [-0.39, 0.29) is 10.8 Å². The Morgan fingerprint density at radius 1 is 1.35 bits per heavy atom. The van der Waals surface area contributed by atoms with Gasteiger partial charge in [0, 0.05) is 28.3 Å². The van der Waals surface area contributed by atoms with E-state index in [1.165, 1.54) is 0 Å². The second-order valence-electron chi connectivity index (χ2n) is 6.74. The highest BCUT2D eigenvalue weighted by Crippen LogP contribution is 2.29. The van der Waals surface area contributed by atoms with Crippen LogP contribution in [0.15, 0.2) is 24.5 Å². The predicted octanol–water partition coefficient (Wildman–Crippen LogP) is 4.21. The molecule has 0 radical (unpaired) electrons. The molecule has 3 heterocycles. The smallest absolute Gasteiger partial charge is 0.252 e. The minimum Gasteiger partial charge on any atom is -0.298 e. The van der Waals surface area contributed by atoms with Crippen LogP contribution in [0, 0.1) is 16.3 Å². The molecule has 4 rings (SSSR count). The summed E-state index contributed by atoms with van der Waals surface area (Å²) in [7, 11) is 0. The van der Waals surface area contributed by atoms with Crippen LogP contribution in [0.4, 0.5) is 4.39 Å². The molecule has 1 aromatic carbocycles. The lowest BCUT2D eigenvalue weighted by Crippen LogP contribution is -2.34. The van der Waals surface area contributed by atoms with Gasteiger partial charge >= 0.3 is 0 Å². The standard InChI is InChI=1S/C18H18ClFIN5/c1-11-5-16(26-18(24-11)22-10-23-26)13-3-2-4-25(9-13)8-12-6-14(20)17(19)15(21)7-12/h5-7,10,13H,2-4,8-9H2,1H3. The molecule has 1 fully saturated rings. The predicted molar refractivity (Wildman–Crippen MR) is 107 cm³/mol. The lowest BCUT2D eigenvalue weighted by atomic mass is 9.93. The Morgan fingerprint density at radius 2 is 2.19 bits per heavy atom. The molecule has 5 nitrogen and oxygen atoms in total. The zero-order valence-electron chi connectivity index (χ0n) is 14.3. The molecule has 0 N–H and O–H groups in total. The molecular weight excluding hydrogens is 468 g/mol. The number of hydrogen-bond donors (Lipinski definition) is 0. The quantitative estimate of drug-likeness (QED) is 0.412. The van der Waals surface area contributed by atoms with Crippen LogP contribution in [0.25, 0.3) is 5.78 Å². The minimum absolute atomic E-state index is 0.201. The number of benzene rings is 1. The van der Waals surface area contributed by atoms with Crippen molar-refractivity contribution in [2.45, 2.75) is 32.2 Å². The Labute approximate surface area is 169 Å². The first-order valence-corrected chi connectivity index (χ1v) is 10.00. The van der Waals surface area contributed by atoms with Crippen molar-refractivity contribution in [2.75, 3.05) is 13.1 Å². The van der Waals surface area contributed by atoms with E-state index in [4.69, 9.17) is 11.6 Å². The summed E-state index contributed by atoms with van der Waals surface area (Å²) >= 11 is 8.02. The number of rotatable bonds is 3. The Bertz CT molecular complexity index is 937. The maximum Gasteiger partial charge on any atom is 0.252 e. The van der Waals surface area contributed by atoms with Crippen molar-refractivity contribution >= 4 is 40.0 Å². The molecule has 3 aromatic rings. The lowest BCUT2D eigenvalue weighted by molar-refractivity contribution is 0.197. The Morgan fingerprint density at radius 3 is 3.00 bits per heavy atom. The number of halogens is 3. The topological polar surface area (TPSA) is 46.3 Å². The number of nitrogens with zero attached hydrogens (tertiary/aromatic N) is 5. The summed E-state index contributed by atoms with van der Waals surface area (Å²) in [4.78, 5) is 11.0. The maximum absolute atomic E-state index is 13.9. The first-order chi connectivity index (χ1) is 12.5. The van der Waals surface area contributed by atoms with Gasteiger partial charge in [0.05, 0.1) is 10.7 Å². The molecule has 1 aliphatic rings. The third-order valence-electron chi connectivity index (χ3n) is 4.78. The highest BCUT2D eigenvalue weighted by atomic mass is 127. The second kappa shape index (κ2) is 7.36. The highest BCUT2D eigenvalue weighted by Gasteiger charge is 2.24. The van der Waals surface area contributed by atoms with Gasteiger partial charge in [-0.2, -0.15) is 10.1 Å². The van der Waals surface area contributed by atoms with Gasteiger partial charge in [-0.25, -0.2) is 13.9 Å². The summed E-state index contributed by atoms with van der Waals surface area (Å²) in [5.74, 6) is 0.647. The third kappa shape index (κ3) is 3.57. The molecule has 0 spiro atoms. The largest absolute Gasteiger partial charge is 0.298 e. The van der Waals surface area contributed by atoms with Gasteiger partial charge in [0.2, 0.25) is 0 Å². The van der Waals surface area contributed by atoms with E-state index in [0.717, 1.165) is 46.5 Å². The summed E-state index contributed by atoms with van der Waals surface area (Å²) < 4.78 is 16.5. The molecule has 1 aliphatic heterocycles. The number of fused-ring (bicyclic) bond motifs is 1. The highest BCUT2D eigenvalue weighted by molar-refractivity contribution is 14.1. The molecule has 0 saturated carbocycles. The molecule has 1 unspecified atom stereocenters. The average Bonchev–Trinajstić information content (AvgIpc) is 3.07. The normalized spacial score (nSPS) is 18.5. The van der Waals surface area contributed by atoms with Gasteiger partial charge in [0.1, 0.15) is 12.1 Å². The van der Waals surface area contributed by atoms with E-state index >= 15 is 0 Å². The van der Waals surface area contributed by atoms with Crippen molar-refractivity contribution in [1.82, 2.24) is 24.5 Å². The van der Waals surface area contributed by atoms with Gasteiger partial charge in [-0.1, -0.05) is 11.6 Å². The molecule has 1 saturated heterocycles. The summed E-state index contributed by atoms with van der Waals surface area (Å²) in [6.45, 7) is 4.60. The van der Waals surface area contributed by atoms with Crippen molar-refractivity contribution in [1.29, 1.82) is 0 Å². The van der Waals surface area contributed by atoms with Crippen molar-refractivity contribution < 1.29 is 4.39 Å². The summed E-state index contributed by atoms with van der Waals surface area (Å²) in [5.41, 5.74) is 3.05. The van der Waals surface area contributed by atoms with Crippen LogP contribution in [0.1, 0.15) is 35.7 Å². The van der Waals surface area contributed by atoms with Crippen LogP contribution in [0.2, 0.25) is 5.02 Å². The van der Waals surface area contributed by atoms with Gasteiger partial charge in [0.25, 0.3) is 5.78 Å². The van der Waals surface area contributed by atoms with Crippen LogP contribution in [-0.4, -0.2) is 37.6 Å². The fourth-order valence-corrected chi connectivity index (χ4v) is 4.41. The van der Waals surface area contributed by atoms with Gasteiger partial charge in [-0.05, 0) is 72.7 Å². The molecule has 8 heteroatoms. The third-order valence-corrected chi connectivity index (χ3v) is 6.33. The molecule has 136 valence electrons. The number of aryl methyl sites for hydroxylation is 1. The van der Waals surface area contributed by atoms with Crippen LogP contribution in [-0.2, 0) is 6.54 Å². The van der Waals surface area contributed by atoms with Crippen LogP contribution in [0.3, 0.4) is 0 Å². The van der Waals surface area contributed by atoms with Gasteiger partial charge < -0.3 is 0 Å². The van der Waals surface area contributed by atoms with E-state index in [1.807, 2.05) is 17.5 Å². The number of aromatic nitrogens is 4. The summed E-state index contributed by atoms with van der Waals surface area (Å²) in [6, 6.07) is 5.60. The zero-order valence-corrected chi connectivity index (χ0v) is 17.2. The van der Waals surface area contributed by atoms with Crippen molar-refractivity contribution in [3.8, 4) is 0 Å². The number of piperidine rings is 1. The minimum atomic E-state index is -0.351. The van der Waals surface area contributed by atoms with E-state index in [0.29, 0.717) is 18.2 Å². The van der Waals surface area contributed by atoms with E-state index in [1.54, 1.807) is 12.4 Å². The molecule has 26 heavy (non-hydrogen) atoms. The van der Waals surface area contributed by atoms with E-state index < -0.39 is 0 Å². The van der Waals surface area contributed by atoms with E-state index in [9.17, 15) is 4.39 Å². The lowest BCUT2D eigenvalue weighted by Gasteiger charge is -2.33. The summed E-state index contributed by atoms with van der Waals surface area (Å²) in [6.07, 6.45) is 3.74. The van der Waals surface area contributed by atoms with Crippen LogP contribution in [0.5, 0.6) is 0 Å². The summed E-state index contributed by atoms with van der Waals surface area (Å²) in [5, 5.41) is 4.54. The van der Waals surface area contributed by atoms with Crippen molar-refractivity contribution in [3.05, 3.63) is 55.9 Å². The van der Waals surface area contributed by atoms with E-state index in [2.05, 4.69) is 48.6 Å². The monoisotopic (exact) mass is 485 g/mol. The molecule has 1 atom stereocenters. The first-order valence-electron chi connectivity index (χ1n) is 8.54. The van der Waals surface area contributed by atoms with Crippen molar-refractivity contribution in [3.63, 3.8) is 0 Å².